The van der Waals surface area contributed by atoms with Gasteiger partial charge in [0.05, 0.1) is 0 Å². The second-order valence-electron chi connectivity index (χ2n) is 4.43. The molecule has 0 aromatic heterocycles. The van der Waals surface area contributed by atoms with Crippen LogP contribution in [-0.2, 0) is 0 Å². The standard InChI is InChI=1S/C14H22/c1-6-14(11-13(4)5)10-8-7-9-12(2)3/h12-14H,6,11H2,1-5H3. The summed E-state index contributed by atoms with van der Waals surface area (Å²) in [6.07, 6.45) is 2.32. The van der Waals surface area contributed by atoms with Gasteiger partial charge in [0.25, 0.3) is 0 Å². The summed E-state index contributed by atoms with van der Waals surface area (Å²) in [4.78, 5) is 0. The maximum absolute atomic E-state index is 3.23. The molecule has 0 saturated carbocycles. The average molecular weight is 190 g/mol. The van der Waals surface area contributed by atoms with Gasteiger partial charge in [-0.05, 0) is 30.6 Å². The van der Waals surface area contributed by atoms with Crippen molar-refractivity contribution in [3.05, 3.63) is 0 Å². The predicted molar refractivity (Wildman–Crippen MR) is 63.6 cm³/mol. The van der Waals surface area contributed by atoms with Gasteiger partial charge >= 0.3 is 0 Å². The molecular formula is C14H22. The normalized spacial score (nSPS) is 11.6. The second kappa shape index (κ2) is 7.52. The summed E-state index contributed by atoms with van der Waals surface area (Å²) >= 11 is 0. The molecule has 0 aliphatic carbocycles. The lowest BCUT2D eigenvalue weighted by Crippen LogP contribution is -2.00. The monoisotopic (exact) mass is 190 g/mol. The smallest absolute Gasteiger partial charge is 0.0212 e. The largest absolute Gasteiger partial charge is 0.0863 e. The van der Waals surface area contributed by atoms with Crippen LogP contribution in [0.25, 0.3) is 0 Å². The molecule has 0 heterocycles. The van der Waals surface area contributed by atoms with Crippen molar-refractivity contribution >= 4 is 0 Å². The molecule has 1 atom stereocenters. The molecule has 0 amide bonds. The maximum atomic E-state index is 3.23. The van der Waals surface area contributed by atoms with E-state index in [1.807, 2.05) is 0 Å². The van der Waals surface area contributed by atoms with Gasteiger partial charge in [-0.1, -0.05) is 46.5 Å². The van der Waals surface area contributed by atoms with Crippen molar-refractivity contribution < 1.29 is 0 Å². The van der Waals surface area contributed by atoms with E-state index in [0.29, 0.717) is 11.8 Å². The van der Waals surface area contributed by atoms with Crippen molar-refractivity contribution in [1.82, 2.24) is 0 Å². The fourth-order valence-electron chi connectivity index (χ4n) is 1.22. The molecule has 14 heavy (non-hydrogen) atoms. The highest BCUT2D eigenvalue weighted by atomic mass is 14.1. The SMILES string of the molecule is CCC(C#CC#CC(C)C)CC(C)C. The Kier molecular flexibility index (Phi) is 7.04. The molecule has 0 aliphatic heterocycles. The van der Waals surface area contributed by atoms with Gasteiger partial charge in [-0.15, -0.1) is 0 Å². The molecule has 0 fully saturated rings. The van der Waals surface area contributed by atoms with Crippen LogP contribution in [0.15, 0.2) is 0 Å². The first-order valence-corrected chi connectivity index (χ1v) is 5.57. The molecule has 0 aliphatic rings. The summed E-state index contributed by atoms with van der Waals surface area (Å²) in [6.45, 7) is 10.8. The molecule has 1 unspecified atom stereocenters. The summed E-state index contributed by atoms with van der Waals surface area (Å²) in [7, 11) is 0. The summed E-state index contributed by atoms with van der Waals surface area (Å²) in [5.41, 5.74) is 0. The molecule has 0 N–H and O–H groups in total. The molecule has 0 nitrogen and oxygen atoms in total. The molecular weight excluding hydrogens is 168 g/mol. The lowest BCUT2D eigenvalue weighted by Gasteiger charge is -2.09. The van der Waals surface area contributed by atoms with E-state index in [2.05, 4.69) is 58.3 Å². The Morgan fingerprint density at radius 2 is 1.50 bits per heavy atom. The van der Waals surface area contributed by atoms with Crippen molar-refractivity contribution in [2.45, 2.75) is 47.5 Å². The van der Waals surface area contributed by atoms with Crippen LogP contribution >= 0.6 is 0 Å². The summed E-state index contributed by atoms with van der Waals surface area (Å²) in [5, 5.41) is 0. The van der Waals surface area contributed by atoms with Crippen molar-refractivity contribution in [2.24, 2.45) is 17.8 Å². The van der Waals surface area contributed by atoms with Gasteiger partial charge in [0.15, 0.2) is 0 Å². The van der Waals surface area contributed by atoms with Crippen molar-refractivity contribution in [3.63, 3.8) is 0 Å². The third-order valence-electron chi connectivity index (χ3n) is 1.95. The van der Waals surface area contributed by atoms with Crippen molar-refractivity contribution in [3.8, 4) is 23.7 Å². The Balaban J connectivity index is 4.11. The minimum absolute atomic E-state index is 0.425. The number of hydrogen-bond donors (Lipinski definition) is 0. The predicted octanol–water partition coefficient (Wildman–Crippen LogP) is 3.72. The highest BCUT2D eigenvalue weighted by Gasteiger charge is 2.03. The summed E-state index contributed by atoms with van der Waals surface area (Å²) < 4.78 is 0. The van der Waals surface area contributed by atoms with Crippen molar-refractivity contribution in [1.29, 1.82) is 0 Å². The van der Waals surface area contributed by atoms with Gasteiger partial charge in [-0.25, -0.2) is 0 Å². The van der Waals surface area contributed by atoms with Gasteiger partial charge < -0.3 is 0 Å². The van der Waals surface area contributed by atoms with E-state index in [4.69, 9.17) is 0 Å². The highest BCUT2D eigenvalue weighted by Crippen LogP contribution is 2.13. The lowest BCUT2D eigenvalue weighted by atomic mass is 9.95. The van der Waals surface area contributed by atoms with Gasteiger partial charge in [-0.2, -0.15) is 0 Å². The number of rotatable bonds is 3. The van der Waals surface area contributed by atoms with Crippen LogP contribution in [0.5, 0.6) is 0 Å². The van der Waals surface area contributed by atoms with Crippen LogP contribution < -0.4 is 0 Å². The van der Waals surface area contributed by atoms with E-state index in [-0.39, 0.29) is 0 Å². The maximum Gasteiger partial charge on any atom is 0.0212 e. The Bertz CT molecular complexity index is 249. The van der Waals surface area contributed by atoms with E-state index >= 15 is 0 Å². The average Bonchev–Trinajstić information content (AvgIpc) is 2.09. The minimum atomic E-state index is 0.425. The van der Waals surface area contributed by atoms with Crippen LogP contribution in [0.3, 0.4) is 0 Å². The van der Waals surface area contributed by atoms with Gasteiger partial charge in [0.1, 0.15) is 0 Å². The molecule has 0 aromatic rings. The Morgan fingerprint density at radius 3 is 1.93 bits per heavy atom. The molecule has 78 valence electrons. The zero-order valence-corrected chi connectivity index (χ0v) is 10.1. The van der Waals surface area contributed by atoms with E-state index in [9.17, 15) is 0 Å². The Hall–Kier alpha value is -0.880. The fourth-order valence-corrected chi connectivity index (χ4v) is 1.22. The van der Waals surface area contributed by atoms with Crippen LogP contribution in [0.1, 0.15) is 47.5 Å². The topological polar surface area (TPSA) is 0 Å². The Labute approximate surface area is 89.5 Å². The zero-order chi connectivity index (χ0) is 11.0. The van der Waals surface area contributed by atoms with Crippen LogP contribution in [0.2, 0.25) is 0 Å². The Morgan fingerprint density at radius 1 is 0.929 bits per heavy atom. The zero-order valence-electron chi connectivity index (χ0n) is 10.1. The van der Waals surface area contributed by atoms with E-state index in [0.717, 1.165) is 12.3 Å². The highest BCUT2D eigenvalue weighted by molar-refractivity contribution is 5.27. The summed E-state index contributed by atoms with van der Waals surface area (Å²) in [6, 6.07) is 0. The molecule has 0 bridgehead atoms. The molecule has 0 radical (unpaired) electrons. The first-order chi connectivity index (χ1) is 6.56. The van der Waals surface area contributed by atoms with Crippen LogP contribution in [0.4, 0.5) is 0 Å². The second-order valence-corrected chi connectivity index (χ2v) is 4.43. The van der Waals surface area contributed by atoms with Gasteiger partial charge in [0.2, 0.25) is 0 Å². The fraction of sp³-hybridized carbons (Fsp3) is 0.714. The van der Waals surface area contributed by atoms with Crippen LogP contribution in [-0.4, -0.2) is 0 Å². The van der Waals surface area contributed by atoms with E-state index in [1.165, 1.54) is 6.42 Å². The van der Waals surface area contributed by atoms with Gasteiger partial charge in [0, 0.05) is 11.8 Å². The summed E-state index contributed by atoms with van der Waals surface area (Å²) in [5.74, 6) is 13.8. The molecule has 0 saturated heterocycles. The third-order valence-corrected chi connectivity index (χ3v) is 1.95. The molecule has 0 spiro atoms. The lowest BCUT2D eigenvalue weighted by molar-refractivity contribution is 0.477. The molecule has 0 rings (SSSR count). The quantitative estimate of drug-likeness (QED) is 0.595. The van der Waals surface area contributed by atoms with Gasteiger partial charge in [-0.3, -0.25) is 0 Å². The first-order valence-electron chi connectivity index (χ1n) is 5.57. The van der Waals surface area contributed by atoms with Crippen molar-refractivity contribution in [2.75, 3.05) is 0 Å². The third kappa shape index (κ3) is 7.75. The minimum Gasteiger partial charge on any atom is -0.0863 e. The molecule has 0 heteroatoms. The molecule has 0 aromatic carbocycles. The van der Waals surface area contributed by atoms with E-state index < -0.39 is 0 Å². The first kappa shape index (κ1) is 13.1. The van der Waals surface area contributed by atoms with Crippen LogP contribution in [0, 0.1) is 41.4 Å². The van der Waals surface area contributed by atoms with E-state index in [1.54, 1.807) is 0 Å². The number of hydrogen-bond acceptors (Lipinski definition) is 0.